The van der Waals surface area contributed by atoms with Crippen LogP contribution in [0.2, 0.25) is 5.02 Å². The monoisotopic (exact) mass is 348 g/mol. The van der Waals surface area contributed by atoms with Gasteiger partial charge in [-0.15, -0.1) is 11.3 Å². The van der Waals surface area contributed by atoms with Gasteiger partial charge in [0.15, 0.2) is 0 Å². The Hall–Kier alpha value is -1.85. The second kappa shape index (κ2) is 7.15. The number of hydrogen-bond donors (Lipinski definition) is 1. The van der Waals surface area contributed by atoms with Gasteiger partial charge in [0, 0.05) is 35.1 Å². The molecule has 3 rings (SSSR count). The summed E-state index contributed by atoms with van der Waals surface area (Å²) in [5.74, 6) is -0.394. The molecule has 1 aliphatic rings. The van der Waals surface area contributed by atoms with Crippen LogP contribution in [0.1, 0.15) is 11.3 Å². The predicted octanol–water partition coefficient (Wildman–Crippen LogP) is 3.11. The molecule has 0 saturated carbocycles. The van der Waals surface area contributed by atoms with Gasteiger partial charge in [-0.05, 0) is 36.1 Å². The Morgan fingerprint density at radius 3 is 2.96 bits per heavy atom. The molecule has 2 heterocycles. The van der Waals surface area contributed by atoms with E-state index in [1.807, 2.05) is 17.5 Å². The van der Waals surface area contributed by atoms with E-state index in [0.717, 1.165) is 12.1 Å². The fourth-order valence-electron chi connectivity index (χ4n) is 2.68. The molecule has 0 bridgehead atoms. The highest BCUT2D eigenvalue weighted by atomic mass is 35.5. The molecule has 1 aromatic heterocycles. The highest BCUT2D eigenvalue weighted by molar-refractivity contribution is 7.09. The first-order valence-corrected chi connectivity index (χ1v) is 8.75. The number of thiophene rings is 1. The normalized spacial score (nSPS) is 17.5. The zero-order valence-electron chi connectivity index (χ0n) is 12.5. The van der Waals surface area contributed by atoms with Gasteiger partial charge in [-0.25, -0.2) is 0 Å². The topological polar surface area (TPSA) is 49.4 Å². The van der Waals surface area contributed by atoms with Crippen molar-refractivity contribution >= 4 is 40.4 Å². The number of carbonyl (C=O) groups is 2. The van der Waals surface area contributed by atoms with Crippen molar-refractivity contribution in [1.29, 1.82) is 0 Å². The number of nitrogens with one attached hydrogen (secondary N) is 1. The Morgan fingerprint density at radius 1 is 1.35 bits per heavy atom. The second-order valence-electron chi connectivity index (χ2n) is 5.51. The van der Waals surface area contributed by atoms with Crippen molar-refractivity contribution in [3.05, 3.63) is 51.7 Å². The smallest absolute Gasteiger partial charge is 0.227 e. The first kappa shape index (κ1) is 16.0. The number of anilines is 1. The maximum absolute atomic E-state index is 12.3. The fourth-order valence-corrected chi connectivity index (χ4v) is 3.58. The third-order valence-corrected chi connectivity index (χ3v) is 5.04. The van der Waals surface area contributed by atoms with Crippen molar-refractivity contribution < 1.29 is 9.59 Å². The van der Waals surface area contributed by atoms with Crippen LogP contribution in [0, 0.1) is 5.92 Å². The summed E-state index contributed by atoms with van der Waals surface area (Å²) in [5, 5.41) is 5.54. The summed E-state index contributed by atoms with van der Waals surface area (Å²) in [5.41, 5.74) is 0.747. The number of rotatable bonds is 5. The molecule has 1 N–H and O–H groups in total. The Morgan fingerprint density at radius 2 is 2.22 bits per heavy atom. The first-order valence-electron chi connectivity index (χ1n) is 7.49. The number of hydrogen-bond acceptors (Lipinski definition) is 3. The summed E-state index contributed by atoms with van der Waals surface area (Å²) in [6.45, 7) is 1.01. The zero-order chi connectivity index (χ0) is 16.2. The Balaban J connectivity index is 1.55. The van der Waals surface area contributed by atoms with Crippen molar-refractivity contribution in [1.82, 2.24) is 5.32 Å². The van der Waals surface area contributed by atoms with Crippen LogP contribution in [0.15, 0.2) is 41.8 Å². The van der Waals surface area contributed by atoms with Gasteiger partial charge in [0.2, 0.25) is 11.8 Å². The summed E-state index contributed by atoms with van der Waals surface area (Å²) >= 11 is 7.65. The fraction of sp³-hybridized carbons (Fsp3) is 0.294. The minimum absolute atomic E-state index is 0.0364. The maximum Gasteiger partial charge on any atom is 0.227 e. The number of halogens is 1. The molecule has 6 heteroatoms. The molecule has 1 aliphatic heterocycles. The van der Waals surface area contributed by atoms with Crippen LogP contribution in [0.4, 0.5) is 5.69 Å². The lowest BCUT2D eigenvalue weighted by Crippen LogP contribution is -2.34. The molecule has 23 heavy (non-hydrogen) atoms. The van der Waals surface area contributed by atoms with Gasteiger partial charge in [-0.1, -0.05) is 23.7 Å². The van der Waals surface area contributed by atoms with Crippen molar-refractivity contribution in [3.8, 4) is 0 Å². The van der Waals surface area contributed by atoms with Gasteiger partial charge in [0.25, 0.3) is 0 Å². The van der Waals surface area contributed by atoms with Crippen LogP contribution in [-0.4, -0.2) is 24.9 Å². The summed E-state index contributed by atoms with van der Waals surface area (Å²) in [6, 6.07) is 11.2. The molecule has 1 aromatic carbocycles. The molecule has 0 radical (unpaired) electrons. The second-order valence-corrected chi connectivity index (χ2v) is 6.97. The lowest BCUT2D eigenvalue weighted by atomic mass is 10.1. The van der Waals surface area contributed by atoms with Gasteiger partial charge in [-0.3, -0.25) is 9.59 Å². The molecule has 1 fully saturated rings. The van der Waals surface area contributed by atoms with E-state index in [4.69, 9.17) is 11.6 Å². The minimum Gasteiger partial charge on any atom is -0.355 e. The van der Waals surface area contributed by atoms with E-state index in [1.54, 1.807) is 34.4 Å². The number of carbonyl (C=O) groups excluding carboxylic acids is 2. The third kappa shape index (κ3) is 3.92. The van der Waals surface area contributed by atoms with Crippen LogP contribution < -0.4 is 10.2 Å². The first-order chi connectivity index (χ1) is 11.1. The van der Waals surface area contributed by atoms with Crippen molar-refractivity contribution in [2.45, 2.75) is 12.8 Å². The summed E-state index contributed by atoms with van der Waals surface area (Å²) in [6.07, 6.45) is 1.07. The van der Waals surface area contributed by atoms with Gasteiger partial charge in [0.05, 0.1) is 5.92 Å². The number of nitrogens with zero attached hydrogens (tertiary/aromatic N) is 1. The number of amides is 2. The van der Waals surface area contributed by atoms with Gasteiger partial charge >= 0.3 is 0 Å². The van der Waals surface area contributed by atoms with E-state index in [0.29, 0.717) is 18.1 Å². The summed E-state index contributed by atoms with van der Waals surface area (Å²) in [4.78, 5) is 27.3. The molecule has 1 unspecified atom stereocenters. The Bertz CT molecular complexity index is 702. The largest absolute Gasteiger partial charge is 0.355 e. The van der Waals surface area contributed by atoms with Gasteiger partial charge in [-0.2, -0.15) is 0 Å². The third-order valence-electron chi connectivity index (χ3n) is 3.87. The highest BCUT2D eigenvalue weighted by Gasteiger charge is 2.34. The molecule has 0 aliphatic carbocycles. The van der Waals surface area contributed by atoms with E-state index < -0.39 is 0 Å². The zero-order valence-corrected chi connectivity index (χ0v) is 14.1. The average molecular weight is 349 g/mol. The van der Waals surface area contributed by atoms with E-state index in [2.05, 4.69) is 11.4 Å². The van der Waals surface area contributed by atoms with E-state index in [1.165, 1.54) is 4.88 Å². The van der Waals surface area contributed by atoms with E-state index >= 15 is 0 Å². The Labute approximate surface area is 144 Å². The van der Waals surface area contributed by atoms with E-state index in [9.17, 15) is 9.59 Å². The maximum atomic E-state index is 12.3. The summed E-state index contributed by atoms with van der Waals surface area (Å²) in [7, 11) is 0. The minimum atomic E-state index is -0.301. The lowest BCUT2D eigenvalue weighted by Gasteiger charge is -2.17. The van der Waals surface area contributed by atoms with E-state index in [-0.39, 0.29) is 24.2 Å². The molecule has 1 atom stereocenters. The SMILES string of the molecule is O=C(NCCc1cccs1)C1CC(=O)N(c2cccc(Cl)c2)C1. The van der Waals surface area contributed by atoms with Crippen molar-refractivity contribution in [2.24, 2.45) is 5.92 Å². The molecule has 2 aromatic rings. The molecule has 2 amide bonds. The quantitative estimate of drug-likeness (QED) is 0.902. The van der Waals surface area contributed by atoms with Gasteiger partial charge in [0.1, 0.15) is 0 Å². The summed E-state index contributed by atoms with van der Waals surface area (Å²) < 4.78 is 0. The number of benzene rings is 1. The average Bonchev–Trinajstić information content (AvgIpc) is 3.16. The van der Waals surface area contributed by atoms with Crippen LogP contribution in [0.5, 0.6) is 0 Å². The standard InChI is InChI=1S/C17H17ClN2O2S/c18-13-3-1-4-14(10-13)20-11-12(9-16(20)21)17(22)19-7-6-15-5-2-8-23-15/h1-5,8,10,12H,6-7,9,11H2,(H,19,22). The molecule has 1 saturated heterocycles. The molecule has 120 valence electrons. The molecular weight excluding hydrogens is 332 g/mol. The molecule has 0 spiro atoms. The lowest BCUT2D eigenvalue weighted by molar-refractivity contribution is -0.126. The van der Waals surface area contributed by atoms with Crippen LogP contribution in [0.25, 0.3) is 0 Å². The Kier molecular flexibility index (Phi) is 4.98. The highest BCUT2D eigenvalue weighted by Crippen LogP contribution is 2.27. The van der Waals surface area contributed by atoms with Gasteiger partial charge < -0.3 is 10.2 Å². The van der Waals surface area contributed by atoms with Crippen LogP contribution in [0.3, 0.4) is 0 Å². The van der Waals surface area contributed by atoms with Crippen molar-refractivity contribution in [3.63, 3.8) is 0 Å². The molecule has 4 nitrogen and oxygen atoms in total. The van der Waals surface area contributed by atoms with Crippen LogP contribution in [-0.2, 0) is 16.0 Å². The predicted molar refractivity (Wildman–Crippen MR) is 92.9 cm³/mol. The molecular formula is C17H17ClN2O2S. The van der Waals surface area contributed by atoms with Crippen LogP contribution >= 0.6 is 22.9 Å². The van der Waals surface area contributed by atoms with Crippen molar-refractivity contribution in [2.75, 3.05) is 18.0 Å².